The number of unbranched alkanes of at least 4 members (excludes halogenated alkanes) is 8. The summed E-state index contributed by atoms with van der Waals surface area (Å²) in [5, 5.41) is 38.2. The van der Waals surface area contributed by atoms with Crippen LogP contribution in [0.15, 0.2) is 72.8 Å². The van der Waals surface area contributed by atoms with E-state index in [2.05, 4.69) is 88.8 Å². The molecule has 0 aliphatic rings. The standard InChI is InChI=1S/C11H12ClN2O2.C10H10ClN2O3.C9H11ClN2O2.C9H16NO3.C7H16N2O2.3C5H11.C2H8N2.C2H7NO.3Y/c12-9-4-3-5-10(8-9)14-11(16)13-6-1-2-7-15;11-8-2-1-3-9(6-8)13-10(15)12-4-5-16-7-14;10-7-2-1-3-8(6-7)12-9(14)11-4-5-13;1-9(2,3)13-8(12)10-6-4-5-7-11;1-7(2,3)11-6(10)9-5-4-8;3*1-3-5-4-2;2*3-1-2-4;;;/h3-5,8H,1-2,6H2,(H2,13,14,16);1-3,6H,4-5H2,(H2,12,13,15);1-3,6,13H,4-5H2,(H2,11,12,14);4-6H2,1-3H3,(H,10,12);4-5,8H2,1-3H3,(H,9,10);3*1,3-5H2,2H3;1-4H2;4H,1-3H2;;;/q2*-1;;-1;;3*-1;;;;;. The van der Waals surface area contributed by atoms with Crippen molar-refractivity contribution in [3.05, 3.63) is 109 Å². The van der Waals surface area contributed by atoms with Gasteiger partial charge in [0, 0.05) is 189 Å². The number of amides is 8. The fourth-order valence-corrected chi connectivity index (χ4v) is 5.49. The monoisotopic (exact) mass is 1640 g/mol. The molecule has 0 aliphatic carbocycles. The number of hydrogen-bond donors (Lipinski definition) is 14. The van der Waals surface area contributed by atoms with E-state index >= 15 is 0 Å². The van der Waals surface area contributed by atoms with E-state index in [1.54, 1.807) is 106 Å². The summed E-state index contributed by atoms with van der Waals surface area (Å²) in [7, 11) is 0. The van der Waals surface area contributed by atoms with E-state index in [4.69, 9.17) is 77.4 Å². The van der Waals surface area contributed by atoms with Crippen LogP contribution in [-0.2, 0) is 127 Å². The van der Waals surface area contributed by atoms with Gasteiger partial charge in [-0.15, -0.1) is 0 Å². The maximum atomic E-state index is 11.3. The molecule has 0 aliphatic heterocycles. The summed E-state index contributed by atoms with van der Waals surface area (Å²) in [4.78, 5) is 84.9. The van der Waals surface area contributed by atoms with Crippen molar-refractivity contribution in [1.29, 1.82) is 0 Å². The van der Waals surface area contributed by atoms with Crippen LogP contribution < -0.4 is 65.5 Å². The third kappa shape index (κ3) is 107. The first kappa shape index (κ1) is 114. The van der Waals surface area contributed by atoms with Gasteiger partial charge in [0.2, 0.25) is 0 Å². The number of carbonyl (C=O) groups is 5. The largest absolute Gasteiger partial charge is 0.651 e. The summed E-state index contributed by atoms with van der Waals surface area (Å²) in [6.07, 6.45) is 15.5. The molecule has 0 saturated carbocycles. The fraction of sp³-hybridized carbons (Fsp3) is 0.554. The third-order valence-electron chi connectivity index (χ3n) is 8.98. The minimum Gasteiger partial charge on any atom is -0.651 e. The molecule has 31 heteroatoms. The predicted molar refractivity (Wildman–Crippen MR) is 380 cm³/mol. The van der Waals surface area contributed by atoms with E-state index in [1.165, 1.54) is 45.0 Å². The third-order valence-corrected chi connectivity index (χ3v) is 9.68. The van der Waals surface area contributed by atoms with Gasteiger partial charge in [-0.05, 0) is 96.1 Å². The molecule has 3 rings (SSSR count). The summed E-state index contributed by atoms with van der Waals surface area (Å²) < 4.78 is 14.2. The molecule has 0 spiro atoms. The first-order valence-corrected chi connectivity index (χ1v) is 31.7. The minimum atomic E-state index is -0.471. The first-order valence-electron chi connectivity index (χ1n) is 30.6. The van der Waals surface area contributed by atoms with E-state index in [-0.39, 0.29) is 143 Å². The minimum absolute atomic E-state index is 0. The Kier molecular flexibility index (Phi) is 104. The molecule has 0 unspecified atom stereocenters. The Morgan fingerprint density at radius 3 is 1.02 bits per heavy atom. The molecular weight excluding hydrogens is 1530 g/mol. The number of urea groups is 3. The maximum Gasteiger partial charge on any atom is 0.407 e. The van der Waals surface area contributed by atoms with Crippen LogP contribution in [0.5, 0.6) is 0 Å². The fourth-order valence-electron chi connectivity index (χ4n) is 4.92. The molecule has 0 saturated heterocycles. The average molecular weight is 1640 g/mol. The summed E-state index contributed by atoms with van der Waals surface area (Å²) in [6, 6.07) is 19.4. The zero-order valence-electron chi connectivity index (χ0n) is 58.3. The molecule has 0 heterocycles. The van der Waals surface area contributed by atoms with Crippen LogP contribution in [0, 0.1) is 20.8 Å². The van der Waals surface area contributed by atoms with Gasteiger partial charge >= 0.3 is 30.3 Å². The number of carbonyl (C=O) groups excluding carboxylic acids is 8. The van der Waals surface area contributed by atoms with Crippen molar-refractivity contribution in [1.82, 2.24) is 26.6 Å². The second-order valence-corrected chi connectivity index (χ2v) is 21.5. The second kappa shape index (κ2) is 87.8. The molecule has 18 N–H and O–H groups in total. The summed E-state index contributed by atoms with van der Waals surface area (Å²) in [6.45, 7) is 33.5. The van der Waals surface area contributed by atoms with E-state index in [0.29, 0.717) is 104 Å². The van der Waals surface area contributed by atoms with Gasteiger partial charge in [-0.25, -0.2) is 24.0 Å². The van der Waals surface area contributed by atoms with Crippen molar-refractivity contribution in [3.8, 4) is 0 Å². The van der Waals surface area contributed by atoms with Gasteiger partial charge in [0.1, 0.15) is 11.2 Å². The van der Waals surface area contributed by atoms with Crippen LogP contribution >= 0.6 is 34.8 Å². The molecule has 25 nitrogen and oxygen atoms in total. The Labute approximate surface area is 665 Å². The van der Waals surface area contributed by atoms with Crippen molar-refractivity contribution in [2.24, 2.45) is 22.9 Å². The Morgan fingerprint density at radius 2 is 0.781 bits per heavy atom. The van der Waals surface area contributed by atoms with E-state index in [1.807, 2.05) is 20.8 Å². The van der Waals surface area contributed by atoms with Crippen LogP contribution in [0.25, 0.3) is 0 Å². The Morgan fingerprint density at radius 1 is 0.469 bits per heavy atom. The number of anilines is 3. The van der Waals surface area contributed by atoms with E-state index < -0.39 is 29.4 Å². The molecule has 0 aromatic heterocycles. The topological polar surface area (TPSA) is 405 Å². The van der Waals surface area contributed by atoms with Crippen LogP contribution in [0.3, 0.4) is 0 Å². The van der Waals surface area contributed by atoms with Gasteiger partial charge in [-0.1, -0.05) is 132 Å². The molecule has 0 atom stereocenters. The molecule has 547 valence electrons. The Hall–Kier alpha value is -3.24. The molecule has 8 amide bonds. The predicted octanol–water partition coefficient (Wildman–Crippen LogP) is 11.1. The summed E-state index contributed by atoms with van der Waals surface area (Å²) in [5.74, 6) is 0. The van der Waals surface area contributed by atoms with E-state index in [0.717, 1.165) is 19.3 Å². The van der Waals surface area contributed by atoms with Gasteiger partial charge in [-0.3, -0.25) is 12.6 Å². The number of aliphatic hydroxyl groups is 2. The number of hydrogen-bond acceptors (Lipinski definition) is 17. The molecular formula is C65H113Cl3N12O13Y3-6. The smallest absolute Gasteiger partial charge is 0.407 e. The number of nitrogens with two attached hydrogens (primary N) is 4. The summed E-state index contributed by atoms with van der Waals surface area (Å²) >= 11 is 17.2. The Bertz CT molecular complexity index is 2150. The Balaban J connectivity index is -0.000000111. The molecule has 3 aromatic rings. The van der Waals surface area contributed by atoms with Crippen molar-refractivity contribution < 1.29 is 161 Å². The molecule has 3 aromatic carbocycles. The molecule has 96 heavy (non-hydrogen) atoms. The van der Waals surface area contributed by atoms with Gasteiger partial charge in [-0.2, -0.15) is 32.1 Å². The maximum absolute atomic E-state index is 11.3. The van der Waals surface area contributed by atoms with Crippen molar-refractivity contribution in [2.75, 3.05) is 94.7 Å². The van der Waals surface area contributed by atoms with Crippen molar-refractivity contribution in [2.45, 2.75) is 157 Å². The van der Waals surface area contributed by atoms with Crippen LogP contribution in [-0.4, -0.2) is 149 Å². The SMILES string of the molecule is CC(C)(C)OC(=O)NCCC[C-]=O.CC(C)(C)OC(=O)NCCN.NCCN.NCCO.O=C(NCCO)Nc1cccc(Cl)c1.O=[C-]CCCNC(=O)Nc1cccc(Cl)c1.O=[C-]OCCNC(=O)Nc1cccc(Cl)c1.[CH2-]CCCC.[CH2-]CCCC.[CH2-]CCCC.[Y].[Y].[Y]. The van der Waals surface area contributed by atoms with Crippen LogP contribution in [0.1, 0.15) is 146 Å². The number of halogens is 3. The molecule has 3 radical (unpaired) electrons. The number of rotatable bonds is 27. The van der Waals surface area contributed by atoms with Crippen LogP contribution in [0.2, 0.25) is 15.1 Å². The molecule has 0 bridgehead atoms. The number of benzene rings is 3. The zero-order chi connectivity index (χ0) is 72.4. The van der Waals surface area contributed by atoms with Gasteiger partial charge in [0.15, 0.2) is 0 Å². The zero-order valence-corrected chi connectivity index (χ0v) is 69.1. The summed E-state index contributed by atoms with van der Waals surface area (Å²) in [5.41, 5.74) is 20.7. The quantitative estimate of drug-likeness (QED) is 0.0191. The number of aliphatic hydroxyl groups excluding tert-OH is 2. The average Bonchev–Trinajstić information content (AvgIpc) is 1.03. The number of alkyl carbamates (subject to hydrolysis) is 2. The normalized spacial score (nSPS) is 9.18. The van der Waals surface area contributed by atoms with Gasteiger partial charge in [0.05, 0.1) is 19.8 Å². The first-order chi connectivity index (χ1) is 44.1. The van der Waals surface area contributed by atoms with Gasteiger partial charge in [0.25, 0.3) is 0 Å². The number of ether oxygens (including phenoxy) is 3. The van der Waals surface area contributed by atoms with Gasteiger partial charge < -0.3 is 125 Å². The van der Waals surface area contributed by atoms with Crippen molar-refractivity contribution in [3.63, 3.8) is 0 Å². The van der Waals surface area contributed by atoms with Crippen LogP contribution in [0.4, 0.5) is 41.0 Å². The van der Waals surface area contributed by atoms with Crippen molar-refractivity contribution >= 4 is 101 Å². The second-order valence-electron chi connectivity index (χ2n) is 20.2. The van der Waals surface area contributed by atoms with E-state index in [9.17, 15) is 38.4 Å². The number of nitrogens with one attached hydrogen (secondary N) is 8. The molecule has 0 fully saturated rings.